The molecule has 7 nitrogen and oxygen atoms in total. The fraction of sp³-hybridized carbons (Fsp3) is 0. The Hall–Kier alpha value is -2.27. The Morgan fingerprint density at radius 2 is 2.15 bits per heavy atom. The summed E-state index contributed by atoms with van der Waals surface area (Å²) in [6, 6.07) is 3.63. The van der Waals surface area contributed by atoms with Gasteiger partial charge in [0.15, 0.2) is 0 Å². The van der Waals surface area contributed by atoms with Gasteiger partial charge in [0.05, 0.1) is 0 Å². The fourth-order valence-electron chi connectivity index (χ4n) is 0.923. The Morgan fingerprint density at radius 1 is 1.38 bits per heavy atom. The van der Waals surface area contributed by atoms with E-state index in [-0.39, 0.29) is 5.82 Å². The van der Waals surface area contributed by atoms with Crippen molar-refractivity contribution < 1.29 is 4.63 Å². The van der Waals surface area contributed by atoms with Crippen LogP contribution in [0.4, 0.5) is 5.82 Å². The quantitative estimate of drug-likeness (QED) is 0.396. The highest BCUT2D eigenvalue weighted by molar-refractivity contribution is 5.43. The average Bonchev–Trinajstić information content (AvgIpc) is 2.71. The Bertz CT molecular complexity index is 437. The van der Waals surface area contributed by atoms with E-state index in [1.807, 2.05) is 12.1 Å². The Morgan fingerprint density at radius 3 is 2.85 bits per heavy atom. The third-order valence-electron chi connectivity index (χ3n) is 1.44. The molecule has 0 bridgehead atoms. The van der Waals surface area contributed by atoms with Gasteiger partial charge in [-0.15, -0.1) is 0 Å². The zero-order chi connectivity index (χ0) is 9.10. The number of hydrogen-bond acceptors (Lipinski definition) is 4. The van der Waals surface area contributed by atoms with Gasteiger partial charge in [-0.1, -0.05) is 0 Å². The predicted octanol–water partition coefficient (Wildman–Crippen LogP) is 1.80. The zero-order valence-electron chi connectivity index (χ0n) is 6.40. The van der Waals surface area contributed by atoms with Crippen molar-refractivity contribution >= 4 is 5.82 Å². The Kier molecular flexibility index (Phi) is 1.70. The molecule has 0 aliphatic carbocycles. The molecule has 0 saturated heterocycles. The molecule has 0 amide bonds. The zero-order valence-corrected chi connectivity index (χ0v) is 6.40. The summed E-state index contributed by atoms with van der Waals surface area (Å²) in [5, 5.41) is 10.3. The van der Waals surface area contributed by atoms with Crippen LogP contribution in [-0.4, -0.2) is 14.9 Å². The minimum atomic E-state index is 0.124. The van der Waals surface area contributed by atoms with Crippen LogP contribution in [0, 0.1) is 0 Å². The normalized spacial score (nSPS) is 9.54. The van der Waals surface area contributed by atoms with E-state index in [0.29, 0.717) is 5.82 Å². The van der Waals surface area contributed by atoms with Crippen molar-refractivity contribution in [1.82, 2.24) is 14.9 Å². The van der Waals surface area contributed by atoms with Crippen molar-refractivity contribution in [3.05, 3.63) is 35.0 Å². The SMILES string of the molecule is [N-]=[N+]=Nc1nonc1-n1cccc1. The minimum absolute atomic E-state index is 0.124. The van der Waals surface area contributed by atoms with Gasteiger partial charge in [-0.05, 0) is 33.1 Å². The highest BCUT2D eigenvalue weighted by atomic mass is 16.6. The van der Waals surface area contributed by atoms with Crippen molar-refractivity contribution in [3.8, 4) is 5.82 Å². The van der Waals surface area contributed by atoms with Gasteiger partial charge in [0, 0.05) is 17.3 Å². The third kappa shape index (κ3) is 1.23. The molecule has 0 radical (unpaired) electrons. The first-order chi connectivity index (χ1) is 6.42. The van der Waals surface area contributed by atoms with Gasteiger partial charge in [0.2, 0.25) is 11.6 Å². The topological polar surface area (TPSA) is 92.6 Å². The van der Waals surface area contributed by atoms with Crippen molar-refractivity contribution in [3.63, 3.8) is 0 Å². The van der Waals surface area contributed by atoms with Crippen molar-refractivity contribution in [2.24, 2.45) is 5.11 Å². The second-order valence-corrected chi connectivity index (χ2v) is 2.19. The first kappa shape index (κ1) is 7.38. The van der Waals surface area contributed by atoms with E-state index in [0.717, 1.165) is 0 Å². The Labute approximate surface area is 72.2 Å². The van der Waals surface area contributed by atoms with Gasteiger partial charge in [-0.25, -0.2) is 4.63 Å². The fourth-order valence-corrected chi connectivity index (χ4v) is 0.923. The molecule has 13 heavy (non-hydrogen) atoms. The molecule has 2 aromatic heterocycles. The van der Waals surface area contributed by atoms with Crippen LogP contribution in [-0.2, 0) is 0 Å². The molecule has 0 N–H and O–H groups in total. The number of azide groups is 1. The van der Waals surface area contributed by atoms with Gasteiger partial charge in [-0.3, -0.25) is 0 Å². The van der Waals surface area contributed by atoms with Gasteiger partial charge >= 0.3 is 0 Å². The average molecular weight is 176 g/mol. The van der Waals surface area contributed by atoms with E-state index < -0.39 is 0 Å². The molecule has 2 aromatic rings. The minimum Gasteiger partial charge on any atom is -0.304 e. The third-order valence-corrected chi connectivity index (χ3v) is 1.44. The second-order valence-electron chi connectivity index (χ2n) is 2.19. The molecule has 0 aromatic carbocycles. The lowest BCUT2D eigenvalue weighted by atomic mass is 10.6. The molecular weight excluding hydrogens is 172 g/mol. The van der Waals surface area contributed by atoms with E-state index in [2.05, 4.69) is 25.0 Å². The van der Waals surface area contributed by atoms with Gasteiger partial charge in [0.25, 0.3) is 0 Å². The summed E-state index contributed by atoms with van der Waals surface area (Å²) in [4.78, 5) is 2.60. The molecule has 2 heterocycles. The highest BCUT2D eigenvalue weighted by Gasteiger charge is 2.08. The van der Waals surface area contributed by atoms with Crippen LogP contribution in [0.2, 0.25) is 0 Å². The van der Waals surface area contributed by atoms with Gasteiger partial charge in [0.1, 0.15) is 0 Å². The van der Waals surface area contributed by atoms with Crippen molar-refractivity contribution in [2.75, 3.05) is 0 Å². The van der Waals surface area contributed by atoms with Gasteiger partial charge < -0.3 is 4.57 Å². The first-order valence-corrected chi connectivity index (χ1v) is 3.43. The first-order valence-electron chi connectivity index (χ1n) is 3.43. The van der Waals surface area contributed by atoms with Crippen LogP contribution in [0.25, 0.3) is 16.3 Å². The molecule has 0 saturated carbocycles. The summed E-state index contributed by atoms with van der Waals surface area (Å²) >= 11 is 0. The molecule has 0 aliphatic heterocycles. The molecule has 0 aliphatic rings. The number of aromatic nitrogens is 3. The standard InChI is InChI=1S/C6H4N6O/c7-11-8-5-6(10-13-9-5)12-3-1-2-4-12/h1-4H. The monoisotopic (exact) mass is 176 g/mol. The van der Waals surface area contributed by atoms with E-state index in [1.54, 1.807) is 17.0 Å². The highest BCUT2D eigenvalue weighted by Crippen LogP contribution is 2.17. The number of rotatable bonds is 2. The van der Waals surface area contributed by atoms with Crippen LogP contribution in [0.15, 0.2) is 34.3 Å². The summed E-state index contributed by atoms with van der Waals surface area (Å²) in [6.45, 7) is 0. The molecule has 2 rings (SSSR count). The lowest BCUT2D eigenvalue weighted by molar-refractivity contribution is 0.307. The second kappa shape index (κ2) is 3.00. The van der Waals surface area contributed by atoms with E-state index in [4.69, 9.17) is 5.53 Å². The van der Waals surface area contributed by atoms with Crippen molar-refractivity contribution in [1.29, 1.82) is 0 Å². The van der Waals surface area contributed by atoms with E-state index >= 15 is 0 Å². The maximum absolute atomic E-state index is 8.20. The van der Waals surface area contributed by atoms with Crippen LogP contribution in [0.3, 0.4) is 0 Å². The van der Waals surface area contributed by atoms with Crippen LogP contribution in [0.5, 0.6) is 0 Å². The number of hydrogen-bond donors (Lipinski definition) is 0. The molecule has 0 atom stereocenters. The maximum Gasteiger partial charge on any atom is 0.215 e. The summed E-state index contributed by atoms with van der Waals surface area (Å²) in [6.07, 6.45) is 3.49. The molecule has 0 unspecified atom stereocenters. The summed E-state index contributed by atoms with van der Waals surface area (Å²) < 4.78 is 6.08. The summed E-state index contributed by atoms with van der Waals surface area (Å²) in [5.74, 6) is 0.501. The van der Waals surface area contributed by atoms with E-state index in [9.17, 15) is 0 Å². The smallest absolute Gasteiger partial charge is 0.215 e. The molecule has 7 heteroatoms. The molecule has 64 valence electrons. The predicted molar refractivity (Wildman–Crippen MR) is 42.4 cm³/mol. The summed E-state index contributed by atoms with van der Waals surface area (Å²) in [7, 11) is 0. The van der Waals surface area contributed by atoms with Crippen molar-refractivity contribution in [2.45, 2.75) is 0 Å². The summed E-state index contributed by atoms with van der Waals surface area (Å²) in [5.41, 5.74) is 8.20. The van der Waals surface area contributed by atoms with Crippen LogP contribution < -0.4 is 0 Å². The van der Waals surface area contributed by atoms with Gasteiger partial charge in [-0.2, -0.15) is 0 Å². The molecule has 0 fully saturated rings. The largest absolute Gasteiger partial charge is 0.304 e. The Balaban J connectivity index is 2.52. The molecular formula is C6H4N6O. The van der Waals surface area contributed by atoms with Crippen LogP contribution >= 0.6 is 0 Å². The lowest BCUT2D eigenvalue weighted by Gasteiger charge is -1.93. The molecule has 0 spiro atoms. The van der Waals surface area contributed by atoms with E-state index in [1.165, 1.54) is 0 Å². The van der Waals surface area contributed by atoms with Crippen LogP contribution in [0.1, 0.15) is 0 Å². The maximum atomic E-state index is 8.20. The number of nitrogens with zero attached hydrogens (tertiary/aromatic N) is 6. The lowest BCUT2D eigenvalue weighted by Crippen LogP contribution is -1.88.